The van der Waals surface area contributed by atoms with Crippen LogP contribution in [-0.2, 0) is 5.54 Å². The summed E-state index contributed by atoms with van der Waals surface area (Å²) in [5.41, 5.74) is -1.02. The van der Waals surface area contributed by atoms with Gasteiger partial charge >= 0.3 is 0 Å². The smallest absolute Gasteiger partial charge is 0.293 e. The Balaban J connectivity index is 3.17. The van der Waals surface area contributed by atoms with Crippen LogP contribution in [0.15, 0.2) is 17.2 Å². The Morgan fingerprint density at radius 1 is 1.28 bits per heavy atom. The van der Waals surface area contributed by atoms with E-state index in [1.54, 1.807) is 17.0 Å². The highest BCUT2D eigenvalue weighted by molar-refractivity contribution is 6.22. The third-order valence-corrected chi connectivity index (χ3v) is 3.75. The van der Waals surface area contributed by atoms with Crippen LogP contribution in [0.4, 0.5) is 5.82 Å². The van der Waals surface area contributed by atoms with Crippen molar-refractivity contribution in [2.24, 2.45) is 0 Å². The maximum atomic E-state index is 12.3. The number of aromatic nitrogens is 2. The molecule has 1 heterocycles. The van der Waals surface area contributed by atoms with Crippen LogP contribution in [0.5, 0.6) is 0 Å². The van der Waals surface area contributed by atoms with E-state index in [9.17, 15) is 4.79 Å². The summed E-state index contributed by atoms with van der Waals surface area (Å²) in [5, 5.41) is 3.03. The highest BCUT2D eigenvalue weighted by Crippen LogP contribution is 2.16. The number of nitrogens with zero attached hydrogens (tertiary/aromatic N) is 2. The average molecular weight is 292 g/mol. The minimum Gasteiger partial charge on any atom is -0.358 e. The maximum absolute atomic E-state index is 12.3. The monoisotopic (exact) mass is 291 g/mol. The van der Waals surface area contributed by atoms with E-state index in [4.69, 9.17) is 23.2 Å². The van der Waals surface area contributed by atoms with Gasteiger partial charge in [-0.05, 0) is 27.7 Å². The van der Waals surface area contributed by atoms with Crippen LogP contribution in [0, 0.1) is 0 Å². The van der Waals surface area contributed by atoms with E-state index in [0.717, 1.165) is 0 Å². The van der Waals surface area contributed by atoms with Gasteiger partial charge in [0.1, 0.15) is 0 Å². The predicted molar refractivity (Wildman–Crippen MR) is 77.0 cm³/mol. The first kappa shape index (κ1) is 15.3. The molecular weight excluding hydrogens is 273 g/mol. The van der Waals surface area contributed by atoms with Crippen LogP contribution in [-0.4, -0.2) is 26.9 Å². The summed E-state index contributed by atoms with van der Waals surface area (Å²) >= 11 is 11.7. The van der Waals surface area contributed by atoms with Crippen molar-refractivity contribution >= 4 is 29.0 Å². The third-order valence-electron chi connectivity index (χ3n) is 2.57. The molecule has 0 radical (unpaired) electrons. The standard InChI is InChI=1S/C12H19Cl2N3O/c1-11(2,3)17-6-5-15-9(10(17)18)16-12(4,7-13)8-14/h5-6H,7-8H2,1-4H3,(H,15,16). The van der Waals surface area contributed by atoms with Crippen molar-refractivity contribution in [1.29, 1.82) is 0 Å². The summed E-state index contributed by atoms with van der Waals surface area (Å²) in [6.45, 7) is 7.73. The molecule has 1 rings (SSSR count). The van der Waals surface area contributed by atoms with Gasteiger partial charge < -0.3 is 9.88 Å². The van der Waals surface area contributed by atoms with E-state index in [-0.39, 0.29) is 16.9 Å². The normalized spacial score (nSPS) is 12.6. The van der Waals surface area contributed by atoms with Crippen LogP contribution in [0.2, 0.25) is 0 Å². The topological polar surface area (TPSA) is 46.9 Å². The van der Waals surface area contributed by atoms with Crippen molar-refractivity contribution in [3.8, 4) is 0 Å². The molecule has 102 valence electrons. The number of halogens is 2. The highest BCUT2D eigenvalue weighted by atomic mass is 35.5. The minimum absolute atomic E-state index is 0.175. The van der Waals surface area contributed by atoms with Crippen molar-refractivity contribution < 1.29 is 0 Å². The Morgan fingerprint density at radius 2 is 1.83 bits per heavy atom. The Hall–Kier alpha value is -0.740. The second-order valence-electron chi connectivity index (χ2n) is 5.57. The summed E-state index contributed by atoms with van der Waals surface area (Å²) in [7, 11) is 0. The summed E-state index contributed by atoms with van der Waals surface area (Å²) < 4.78 is 1.63. The second kappa shape index (κ2) is 5.49. The Morgan fingerprint density at radius 3 is 2.28 bits per heavy atom. The molecule has 0 atom stereocenters. The van der Waals surface area contributed by atoms with Crippen LogP contribution in [0.3, 0.4) is 0 Å². The van der Waals surface area contributed by atoms with Crippen LogP contribution in [0.1, 0.15) is 27.7 Å². The van der Waals surface area contributed by atoms with Gasteiger partial charge in [-0.25, -0.2) is 4.98 Å². The molecule has 0 amide bonds. The molecule has 0 aliphatic rings. The van der Waals surface area contributed by atoms with E-state index >= 15 is 0 Å². The number of rotatable bonds is 4. The zero-order chi connectivity index (χ0) is 14.0. The van der Waals surface area contributed by atoms with Gasteiger partial charge in [0.15, 0.2) is 5.82 Å². The first-order chi connectivity index (χ1) is 8.23. The lowest BCUT2D eigenvalue weighted by molar-refractivity contribution is 0.382. The van der Waals surface area contributed by atoms with E-state index in [0.29, 0.717) is 11.8 Å². The summed E-state index contributed by atoms with van der Waals surface area (Å²) in [6, 6.07) is 0. The first-order valence-corrected chi connectivity index (χ1v) is 6.79. The fourth-order valence-corrected chi connectivity index (χ4v) is 1.83. The number of nitrogens with one attached hydrogen (secondary N) is 1. The van der Waals surface area contributed by atoms with Gasteiger partial charge in [0.2, 0.25) is 0 Å². The zero-order valence-electron chi connectivity index (χ0n) is 11.1. The van der Waals surface area contributed by atoms with E-state index in [1.807, 2.05) is 27.7 Å². The molecular formula is C12H19Cl2N3O. The molecule has 0 aliphatic heterocycles. The number of hydrogen-bond donors (Lipinski definition) is 1. The van der Waals surface area contributed by atoms with Crippen LogP contribution in [0.25, 0.3) is 0 Å². The van der Waals surface area contributed by atoms with E-state index in [2.05, 4.69) is 10.3 Å². The summed E-state index contributed by atoms with van der Waals surface area (Å²) in [5.74, 6) is 0.862. The van der Waals surface area contributed by atoms with Crippen molar-refractivity contribution in [1.82, 2.24) is 9.55 Å². The largest absolute Gasteiger partial charge is 0.358 e. The molecule has 0 spiro atoms. The quantitative estimate of drug-likeness (QED) is 0.868. The molecule has 4 nitrogen and oxygen atoms in total. The molecule has 0 bridgehead atoms. The van der Waals surface area contributed by atoms with Crippen LogP contribution < -0.4 is 10.9 Å². The van der Waals surface area contributed by atoms with E-state index < -0.39 is 5.54 Å². The van der Waals surface area contributed by atoms with Gasteiger partial charge in [-0.1, -0.05) is 0 Å². The maximum Gasteiger partial charge on any atom is 0.293 e. The van der Waals surface area contributed by atoms with Crippen molar-refractivity contribution in [2.75, 3.05) is 17.1 Å². The summed E-state index contributed by atoms with van der Waals surface area (Å²) in [6.07, 6.45) is 3.27. The third kappa shape index (κ3) is 3.39. The van der Waals surface area contributed by atoms with Crippen molar-refractivity contribution in [3.63, 3.8) is 0 Å². The highest BCUT2D eigenvalue weighted by Gasteiger charge is 2.25. The molecule has 1 aromatic heterocycles. The van der Waals surface area contributed by atoms with Crippen molar-refractivity contribution in [3.05, 3.63) is 22.7 Å². The van der Waals surface area contributed by atoms with E-state index in [1.165, 1.54) is 0 Å². The second-order valence-corrected chi connectivity index (χ2v) is 6.11. The number of alkyl halides is 2. The number of anilines is 1. The molecule has 0 saturated carbocycles. The van der Waals surface area contributed by atoms with Crippen LogP contribution >= 0.6 is 23.2 Å². The molecule has 6 heteroatoms. The zero-order valence-corrected chi connectivity index (χ0v) is 12.6. The Bertz CT molecular complexity index is 461. The molecule has 0 aliphatic carbocycles. The van der Waals surface area contributed by atoms with Gasteiger partial charge in [0, 0.05) is 29.7 Å². The lowest BCUT2D eigenvalue weighted by Gasteiger charge is -2.28. The number of hydrogen-bond acceptors (Lipinski definition) is 3. The fraction of sp³-hybridized carbons (Fsp3) is 0.667. The Kier molecular flexibility index (Phi) is 4.67. The lowest BCUT2D eigenvalue weighted by Crippen LogP contribution is -2.43. The van der Waals surface area contributed by atoms with Gasteiger partial charge in [-0.3, -0.25) is 4.79 Å². The molecule has 1 aromatic rings. The Labute approximate surface area is 117 Å². The lowest BCUT2D eigenvalue weighted by atomic mass is 10.1. The molecule has 18 heavy (non-hydrogen) atoms. The predicted octanol–water partition coefficient (Wildman–Crippen LogP) is 2.65. The SMILES string of the molecule is CC(CCl)(CCl)Nc1nccn(C(C)(C)C)c1=O. The molecule has 0 unspecified atom stereocenters. The summed E-state index contributed by atoms with van der Waals surface area (Å²) in [4.78, 5) is 16.3. The van der Waals surface area contributed by atoms with Crippen molar-refractivity contribution in [2.45, 2.75) is 38.8 Å². The molecule has 0 fully saturated rings. The van der Waals surface area contributed by atoms with Gasteiger partial charge in [-0.2, -0.15) is 0 Å². The molecule has 0 aromatic carbocycles. The first-order valence-electron chi connectivity index (χ1n) is 5.72. The average Bonchev–Trinajstić information content (AvgIpc) is 2.30. The minimum atomic E-state index is -0.549. The van der Waals surface area contributed by atoms with Gasteiger partial charge in [0.25, 0.3) is 5.56 Å². The van der Waals surface area contributed by atoms with Gasteiger partial charge in [0.05, 0.1) is 5.54 Å². The molecule has 0 saturated heterocycles. The molecule has 1 N–H and O–H groups in total. The fourth-order valence-electron chi connectivity index (χ4n) is 1.41. The van der Waals surface area contributed by atoms with Gasteiger partial charge in [-0.15, -0.1) is 23.2 Å².